The number of nitrogens with zero attached hydrogens (tertiary/aromatic N) is 1. The molecule has 0 saturated carbocycles. The molecule has 1 aromatic heterocycles. The van der Waals surface area contributed by atoms with E-state index in [0.29, 0.717) is 16.5 Å². The first-order valence-electron chi connectivity index (χ1n) is 7.29. The quantitative estimate of drug-likeness (QED) is 0.682. The zero-order valence-corrected chi connectivity index (χ0v) is 13.7. The minimum absolute atomic E-state index is 0.000846. The summed E-state index contributed by atoms with van der Waals surface area (Å²) in [6.45, 7) is 1.97. The molecule has 1 heterocycles. The summed E-state index contributed by atoms with van der Waals surface area (Å²) in [6.07, 6.45) is -0.446. The van der Waals surface area contributed by atoms with Crippen LogP contribution in [0.5, 0.6) is 0 Å². The predicted octanol–water partition coefficient (Wildman–Crippen LogP) is 5.35. The number of hydrogen-bond acceptors (Lipinski definition) is 1. The Balaban J connectivity index is 2.40. The van der Waals surface area contributed by atoms with Crippen molar-refractivity contribution in [2.75, 3.05) is 6.54 Å². The summed E-state index contributed by atoms with van der Waals surface area (Å²) < 4.78 is 16.4. The van der Waals surface area contributed by atoms with Gasteiger partial charge in [0.15, 0.2) is 0 Å². The molecule has 2 N–H and O–H groups in total. The standard InChI is InChI=1S/C17H17Cl2FN2/c1-2-15(14(20)9-21)22-16-5-3-10(18)7-12(16)13-8-11(19)4-6-17(13)22/h3-8,14-15H,2,9,21H2,1H3/t14?,15-/m0/s1. The Morgan fingerprint density at radius 2 is 1.55 bits per heavy atom. The van der Waals surface area contributed by atoms with Crippen LogP contribution in [0.1, 0.15) is 19.4 Å². The molecule has 22 heavy (non-hydrogen) atoms. The van der Waals surface area contributed by atoms with Gasteiger partial charge in [-0.05, 0) is 42.8 Å². The zero-order chi connectivity index (χ0) is 15.9. The summed E-state index contributed by atoms with van der Waals surface area (Å²) in [4.78, 5) is 0. The molecule has 3 rings (SSSR count). The van der Waals surface area contributed by atoms with Crippen molar-refractivity contribution in [3.63, 3.8) is 0 Å². The minimum Gasteiger partial charge on any atom is -0.334 e. The van der Waals surface area contributed by atoms with Gasteiger partial charge < -0.3 is 10.3 Å². The van der Waals surface area contributed by atoms with Crippen molar-refractivity contribution in [3.05, 3.63) is 46.4 Å². The van der Waals surface area contributed by atoms with E-state index in [1.54, 1.807) is 0 Å². The molecule has 5 heteroatoms. The fraction of sp³-hybridized carbons (Fsp3) is 0.294. The predicted molar refractivity (Wildman–Crippen MR) is 92.7 cm³/mol. The van der Waals surface area contributed by atoms with Crippen LogP contribution in [0.3, 0.4) is 0 Å². The Labute approximate surface area is 138 Å². The van der Waals surface area contributed by atoms with Gasteiger partial charge in [0.1, 0.15) is 6.17 Å². The third-order valence-corrected chi connectivity index (χ3v) is 4.59. The van der Waals surface area contributed by atoms with Gasteiger partial charge in [-0.3, -0.25) is 0 Å². The van der Waals surface area contributed by atoms with Crippen LogP contribution in [0.2, 0.25) is 10.0 Å². The smallest absolute Gasteiger partial charge is 0.133 e. The van der Waals surface area contributed by atoms with Crippen molar-refractivity contribution in [1.29, 1.82) is 0 Å². The summed E-state index contributed by atoms with van der Waals surface area (Å²) >= 11 is 12.3. The molecule has 2 atom stereocenters. The highest BCUT2D eigenvalue weighted by molar-refractivity contribution is 6.33. The molecule has 0 amide bonds. The summed E-state index contributed by atoms with van der Waals surface area (Å²) in [5.74, 6) is 0. The number of nitrogens with two attached hydrogens (primary N) is 1. The third-order valence-electron chi connectivity index (χ3n) is 4.12. The zero-order valence-electron chi connectivity index (χ0n) is 12.2. The van der Waals surface area contributed by atoms with E-state index in [2.05, 4.69) is 0 Å². The fourth-order valence-corrected chi connectivity index (χ4v) is 3.46. The van der Waals surface area contributed by atoms with Crippen LogP contribution < -0.4 is 5.73 Å². The molecule has 0 radical (unpaired) electrons. The molecule has 0 aliphatic heterocycles. The number of halogens is 3. The second-order valence-electron chi connectivity index (χ2n) is 5.42. The monoisotopic (exact) mass is 338 g/mol. The normalized spacial score (nSPS) is 14.6. The summed E-state index contributed by atoms with van der Waals surface area (Å²) in [6, 6.07) is 11.0. The van der Waals surface area contributed by atoms with Gasteiger partial charge in [-0.1, -0.05) is 30.1 Å². The highest BCUT2D eigenvalue weighted by Crippen LogP contribution is 2.37. The maximum atomic E-state index is 14.4. The average Bonchev–Trinajstić information content (AvgIpc) is 2.81. The van der Waals surface area contributed by atoms with Gasteiger partial charge in [0, 0.05) is 38.4 Å². The highest BCUT2D eigenvalue weighted by Gasteiger charge is 2.24. The minimum atomic E-state index is -1.10. The lowest BCUT2D eigenvalue weighted by Gasteiger charge is -2.22. The van der Waals surface area contributed by atoms with Gasteiger partial charge in [0.2, 0.25) is 0 Å². The number of benzene rings is 2. The second kappa shape index (κ2) is 6.07. The first kappa shape index (κ1) is 15.6. The van der Waals surface area contributed by atoms with E-state index in [4.69, 9.17) is 28.9 Å². The fourth-order valence-electron chi connectivity index (χ4n) is 3.11. The Bertz CT molecular complexity index is 769. The maximum Gasteiger partial charge on any atom is 0.133 e. The molecular weight excluding hydrogens is 322 g/mol. The summed E-state index contributed by atoms with van der Waals surface area (Å²) in [5.41, 5.74) is 7.46. The molecule has 0 aliphatic rings. The van der Waals surface area contributed by atoms with Crippen molar-refractivity contribution in [3.8, 4) is 0 Å². The van der Waals surface area contributed by atoms with Crippen LogP contribution in [0.4, 0.5) is 4.39 Å². The van der Waals surface area contributed by atoms with Crippen LogP contribution in [0.25, 0.3) is 21.8 Å². The SMILES string of the molecule is CC[C@@H](C(F)CN)n1c2ccc(Cl)cc2c2cc(Cl)ccc21. The Morgan fingerprint density at radius 3 is 1.95 bits per heavy atom. The van der Waals surface area contributed by atoms with Crippen LogP contribution in [-0.4, -0.2) is 17.3 Å². The van der Waals surface area contributed by atoms with Gasteiger partial charge >= 0.3 is 0 Å². The molecule has 0 saturated heterocycles. The Morgan fingerprint density at radius 1 is 1.05 bits per heavy atom. The number of fused-ring (bicyclic) bond motifs is 3. The van der Waals surface area contributed by atoms with E-state index >= 15 is 0 Å². The Kier molecular flexibility index (Phi) is 4.31. The molecule has 0 fully saturated rings. The van der Waals surface area contributed by atoms with Gasteiger partial charge in [0.25, 0.3) is 0 Å². The Hall–Kier alpha value is -1.29. The van der Waals surface area contributed by atoms with Gasteiger partial charge in [-0.15, -0.1) is 0 Å². The van der Waals surface area contributed by atoms with E-state index < -0.39 is 6.17 Å². The van der Waals surface area contributed by atoms with Crippen molar-refractivity contribution in [1.82, 2.24) is 4.57 Å². The first-order valence-corrected chi connectivity index (χ1v) is 8.05. The average molecular weight is 339 g/mol. The van der Waals surface area contributed by atoms with Gasteiger partial charge in [-0.25, -0.2) is 4.39 Å². The number of rotatable bonds is 4. The number of aromatic nitrogens is 1. The number of alkyl halides is 1. The third kappa shape index (κ3) is 2.47. The second-order valence-corrected chi connectivity index (χ2v) is 6.29. The van der Waals surface area contributed by atoms with E-state index in [1.807, 2.05) is 47.9 Å². The van der Waals surface area contributed by atoms with Crippen molar-refractivity contribution in [2.24, 2.45) is 5.73 Å². The molecule has 1 unspecified atom stereocenters. The van der Waals surface area contributed by atoms with E-state index in [-0.39, 0.29) is 12.6 Å². The molecule has 2 nitrogen and oxygen atoms in total. The van der Waals surface area contributed by atoms with E-state index in [9.17, 15) is 4.39 Å². The topological polar surface area (TPSA) is 30.9 Å². The van der Waals surface area contributed by atoms with Crippen LogP contribution in [-0.2, 0) is 0 Å². The van der Waals surface area contributed by atoms with Crippen molar-refractivity contribution >= 4 is 45.0 Å². The van der Waals surface area contributed by atoms with E-state index in [1.165, 1.54) is 0 Å². The van der Waals surface area contributed by atoms with Crippen LogP contribution >= 0.6 is 23.2 Å². The molecule has 116 valence electrons. The summed E-state index contributed by atoms with van der Waals surface area (Å²) in [7, 11) is 0. The highest BCUT2D eigenvalue weighted by atomic mass is 35.5. The molecule has 3 aromatic rings. The first-order chi connectivity index (χ1) is 10.6. The van der Waals surface area contributed by atoms with Crippen molar-refractivity contribution < 1.29 is 4.39 Å². The molecular formula is C17H17Cl2FN2. The van der Waals surface area contributed by atoms with E-state index in [0.717, 1.165) is 21.8 Å². The lowest BCUT2D eigenvalue weighted by atomic mass is 10.1. The maximum absolute atomic E-state index is 14.4. The van der Waals surface area contributed by atoms with Crippen molar-refractivity contribution in [2.45, 2.75) is 25.6 Å². The lowest BCUT2D eigenvalue weighted by Crippen LogP contribution is -2.27. The lowest BCUT2D eigenvalue weighted by molar-refractivity contribution is 0.238. The summed E-state index contributed by atoms with van der Waals surface area (Å²) in [5, 5.41) is 3.26. The largest absolute Gasteiger partial charge is 0.334 e. The molecule has 0 spiro atoms. The van der Waals surface area contributed by atoms with Crippen LogP contribution in [0.15, 0.2) is 36.4 Å². The molecule has 0 aliphatic carbocycles. The molecule has 2 aromatic carbocycles. The van der Waals surface area contributed by atoms with Crippen LogP contribution in [0, 0.1) is 0 Å². The van der Waals surface area contributed by atoms with Gasteiger partial charge in [-0.2, -0.15) is 0 Å². The number of hydrogen-bond donors (Lipinski definition) is 1. The van der Waals surface area contributed by atoms with Gasteiger partial charge in [0.05, 0.1) is 6.04 Å². The molecule has 0 bridgehead atoms.